The molecule has 3 aromatic carbocycles. The lowest BCUT2D eigenvalue weighted by molar-refractivity contribution is 0.101. The number of alkyl halides is 2. The second-order valence-corrected chi connectivity index (χ2v) is 8.35. The van der Waals surface area contributed by atoms with Gasteiger partial charge in [-0.15, -0.1) is 23.2 Å². The summed E-state index contributed by atoms with van der Waals surface area (Å²) < 4.78 is 0. The molecule has 2 amide bonds. The van der Waals surface area contributed by atoms with E-state index in [9.17, 15) is 9.59 Å². The molecule has 4 nitrogen and oxygen atoms in total. The van der Waals surface area contributed by atoms with Gasteiger partial charge in [0.25, 0.3) is 11.8 Å². The summed E-state index contributed by atoms with van der Waals surface area (Å²) in [5.41, 5.74) is 8.19. The molecule has 0 aliphatic heterocycles. The van der Waals surface area contributed by atoms with Crippen LogP contribution in [-0.2, 0) is 11.8 Å². The zero-order valence-electron chi connectivity index (χ0n) is 18.6. The Bertz CT molecular complexity index is 1030. The first-order valence-corrected chi connectivity index (χ1v) is 11.4. The van der Waals surface area contributed by atoms with Crippen molar-refractivity contribution in [3.05, 3.63) is 93.0 Å². The predicted molar refractivity (Wildman–Crippen MR) is 133 cm³/mol. The van der Waals surface area contributed by atoms with Crippen molar-refractivity contribution >= 4 is 46.4 Å². The minimum Gasteiger partial charge on any atom is -0.321 e. The fourth-order valence-electron chi connectivity index (χ4n) is 3.55. The molecule has 0 saturated heterocycles. The number of hydrogen-bond acceptors (Lipinski definition) is 2. The summed E-state index contributed by atoms with van der Waals surface area (Å²) in [5.74, 6) is 0.435. The van der Waals surface area contributed by atoms with Gasteiger partial charge >= 0.3 is 0 Å². The summed E-state index contributed by atoms with van der Waals surface area (Å²) in [6, 6.07) is 14.4. The van der Waals surface area contributed by atoms with E-state index in [4.69, 9.17) is 23.2 Å². The zero-order chi connectivity index (χ0) is 23.4. The number of benzene rings is 3. The van der Waals surface area contributed by atoms with Gasteiger partial charge in [0.05, 0.1) is 0 Å². The molecular weight excluding hydrogens is 443 g/mol. The largest absolute Gasteiger partial charge is 0.321 e. The number of carbonyl (C=O) groups is 2. The van der Waals surface area contributed by atoms with Crippen molar-refractivity contribution in [1.82, 2.24) is 0 Å². The molecule has 166 valence electrons. The highest BCUT2D eigenvalue weighted by Gasteiger charge is 2.19. The van der Waals surface area contributed by atoms with Gasteiger partial charge in [0, 0.05) is 34.3 Å². The molecule has 0 unspecified atom stereocenters. The van der Waals surface area contributed by atoms with E-state index in [0.717, 1.165) is 44.8 Å². The number of halogens is 2. The third-order valence-corrected chi connectivity index (χ3v) is 6.46. The van der Waals surface area contributed by atoms with Gasteiger partial charge in [0.15, 0.2) is 0 Å². The van der Waals surface area contributed by atoms with Crippen molar-refractivity contribution in [2.24, 2.45) is 0 Å². The number of anilines is 2. The highest BCUT2D eigenvalue weighted by atomic mass is 35.5. The van der Waals surface area contributed by atoms with Gasteiger partial charge in [-0.1, -0.05) is 24.3 Å². The van der Waals surface area contributed by atoms with Crippen molar-refractivity contribution < 1.29 is 9.59 Å². The average molecular weight is 469 g/mol. The second kappa shape index (κ2) is 10.2. The SMILES string of the molecule is Cc1c(C)c(NC(=O)c2ccc(CCl)cc2)c(C)c(C)c1NC(=O)c1ccc(CCl)cc1. The van der Waals surface area contributed by atoms with E-state index < -0.39 is 0 Å². The molecule has 3 aromatic rings. The molecule has 2 N–H and O–H groups in total. The van der Waals surface area contributed by atoms with Crippen LogP contribution in [0, 0.1) is 27.7 Å². The van der Waals surface area contributed by atoms with Gasteiger partial charge in [-0.05, 0) is 85.3 Å². The van der Waals surface area contributed by atoms with E-state index in [0.29, 0.717) is 22.9 Å². The summed E-state index contributed by atoms with van der Waals surface area (Å²) in [6.45, 7) is 7.77. The Balaban J connectivity index is 1.87. The highest BCUT2D eigenvalue weighted by molar-refractivity contribution is 6.17. The number of amides is 2. The second-order valence-electron chi connectivity index (χ2n) is 7.82. The summed E-state index contributed by atoms with van der Waals surface area (Å²) in [6.07, 6.45) is 0. The maximum Gasteiger partial charge on any atom is 0.255 e. The van der Waals surface area contributed by atoms with Crippen molar-refractivity contribution in [3.8, 4) is 0 Å². The fraction of sp³-hybridized carbons (Fsp3) is 0.231. The van der Waals surface area contributed by atoms with Crippen molar-refractivity contribution in [2.45, 2.75) is 39.5 Å². The standard InChI is InChI=1S/C26H26Cl2N2O2/c1-15-16(2)24(30-26(32)22-11-7-20(14-28)8-12-22)18(4)17(3)23(15)29-25(31)21-9-5-19(13-27)6-10-21/h5-12H,13-14H2,1-4H3,(H,29,31)(H,30,32). The molecular formula is C26H26Cl2N2O2. The Morgan fingerprint density at radius 1 is 0.594 bits per heavy atom. The topological polar surface area (TPSA) is 58.2 Å². The molecule has 0 atom stereocenters. The lowest BCUT2D eigenvalue weighted by atomic mass is 9.95. The van der Waals surface area contributed by atoms with E-state index >= 15 is 0 Å². The minimum absolute atomic E-state index is 0.188. The summed E-state index contributed by atoms with van der Waals surface area (Å²) >= 11 is 11.7. The smallest absolute Gasteiger partial charge is 0.255 e. The highest BCUT2D eigenvalue weighted by Crippen LogP contribution is 2.34. The van der Waals surface area contributed by atoms with Gasteiger partial charge in [0.2, 0.25) is 0 Å². The summed E-state index contributed by atoms with van der Waals surface area (Å²) in [4.78, 5) is 25.6. The number of hydrogen-bond donors (Lipinski definition) is 2. The molecule has 0 aliphatic carbocycles. The first-order valence-electron chi connectivity index (χ1n) is 10.3. The van der Waals surface area contributed by atoms with Crippen LogP contribution in [0.5, 0.6) is 0 Å². The van der Waals surface area contributed by atoms with Crippen molar-refractivity contribution in [2.75, 3.05) is 10.6 Å². The Kier molecular flexibility index (Phi) is 7.60. The van der Waals surface area contributed by atoms with Crippen LogP contribution in [0.15, 0.2) is 48.5 Å². The summed E-state index contributed by atoms with van der Waals surface area (Å²) in [5, 5.41) is 6.08. The lowest BCUT2D eigenvalue weighted by Crippen LogP contribution is -2.18. The molecule has 0 aromatic heterocycles. The molecule has 32 heavy (non-hydrogen) atoms. The maximum absolute atomic E-state index is 12.8. The first-order chi connectivity index (χ1) is 15.3. The van der Waals surface area contributed by atoms with Gasteiger partial charge in [0.1, 0.15) is 0 Å². The van der Waals surface area contributed by atoms with Crippen molar-refractivity contribution in [3.63, 3.8) is 0 Å². The third-order valence-electron chi connectivity index (χ3n) is 5.84. The van der Waals surface area contributed by atoms with Crippen LogP contribution in [0.4, 0.5) is 11.4 Å². The molecule has 0 radical (unpaired) electrons. The molecule has 0 fully saturated rings. The molecule has 3 rings (SSSR count). The molecule has 6 heteroatoms. The van der Waals surface area contributed by atoms with Gasteiger partial charge in [-0.25, -0.2) is 0 Å². The van der Waals surface area contributed by atoms with Crippen molar-refractivity contribution in [1.29, 1.82) is 0 Å². The van der Waals surface area contributed by atoms with Crippen LogP contribution < -0.4 is 10.6 Å². The number of nitrogens with one attached hydrogen (secondary N) is 2. The Morgan fingerprint density at radius 3 is 1.12 bits per heavy atom. The Hall–Kier alpha value is -2.82. The summed E-state index contributed by atoms with van der Waals surface area (Å²) in [7, 11) is 0. The van der Waals surface area contributed by atoms with Crippen LogP contribution in [0.1, 0.15) is 54.1 Å². The molecule has 0 saturated carbocycles. The van der Waals surface area contributed by atoms with Crippen LogP contribution >= 0.6 is 23.2 Å². The van der Waals surface area contributed by atoms with Crippen LogP contribution in [0.2, 0.25) is 0 Å². The molecule has 0 aliphatic rings. The first kappa shape index (κ1) is 23.8. The monoisotopic (exact) mass is 468 g/mol. The zero-order valence-corrected chi connectivity index (χ0v) is 20.1. The van der Waals surface area contributed by atoms with Gasteiger partial charge in [-0.3, -0.25) is 9.59 Å². The Morgan fingerprint density at radius 2 is 0.875 bits per heavy atom. The number of carbonyl (C=O) groups excluding carboxylic acids is 2. The minimum atomic E-state index is -0.188. The van der Waals surface area contributed by atoms with Crippen LogP contribution in [-0.4, -0.2) is 11.8 Å². The normalized spacial score (nSPS) is 10.7. The number of rotatable bonds is 6. The van der Waals surface area contributed by atoms with E-state index in [-0.39, 0.29) is 11.8 Å². The molecule has 0 bridgehead atoms. The van der Waals surface area contributed by atoms with Gasteiger partial charge < -0.3 is 10.6 Å². The Labute approximate surface area is 198 Å². The quantitative estimate of drug-likeness (QED) is 0.386. The lowest BCUT2D eigenvalue weighted by Gasteiger charge is -2.21. The maximum atomic E-state index is 12.8. The molecule has 0 spiro atoms. The van der Waals surface area contributed by atoms with E-state index in [2.05, 4.69) is 10.6 Å². The third kappa shape index (κ3) is 4.98. The van der Waals surface area contributed by atoms with E-state index in [1.54, 1.807) is 24.3 Å². The fourth-order valence-corrected chi connectivity index (χ4v) is 3.91. The predicted octanol–water partition coefficient (Wildman–Crippen LogP) is 6.90. The van der Waals surface area contributed by atoms with Crippen LogP contribution in [0.25, 0.3) is 0 Å². The van der Waals surface area contributed by atoms with E-state index in [1.165, 1.54) is 0 Å². The van der Waals surface area contributed by atoms with Crippen LogP contribution in [0.3, 0.4) is 0 Å². The van der Waals surface area contributed by atoms with Gasteiger partial charge in [-0.2, -0.15) is 0 Å². The average Bonchev–Trinajstić information content (AvgIpc) is 2.83. The molecule has 0 heterocycles. The van der Waals surface area contributed by atoms with E-state index in [1.807, 2.05) is 52.0 Å².